The lowest BCUT2D eigenvalue weighted by Gasteiger charge is -2.15. The number of benzene rings is 2. The molecule has 0 aliphatic rings. The molecule has 0 spiro atoms. The van der Waals surface area contributed by atoms with Gasteiger partial charge in [0.25, 0.3) is 0 Å². The largest absolute Gasteiger partial charge is 0.494 e. The first-order valence-electron chi connectivity index (χ1n) is 7.39. The van der Waals surface area contributed by atoms with Crippen molar-refractivity contribution in [3.63, 3.8) is 0 Å². The van der Waals surface area contributed by atoms with Crippen molar-refractivity contribution in [2.24, 2.45) is 0 Å². The third-order valence-electron chi connectivity index (χ3n) is 3.33. The summed E-state index contributed by atoms with van der Waals surface area (Å²) in [7, 11) is 0. The quantitative estimate of drug-likeness (QED) is 0.811. The molecule has 0 radical (unpaired) electrons. The molecule has 2 nitrogen and oxygen atoms in total. The highest BCUT2D eigenvalue weighted by molar-refractivity contribution is 5.28. The van der Waals surface area contributed by atoms with Gasteiger partial charge in [-0.1, -0.05) is 31.2 Å². The number of ether oxygens (including phenoxy) is 1. The number of halogens is 1. The third-order valence-corrected chi connectivity index (χ3v) is 3.33. The standard InChI is InChI=1S/C18H22FNO/c1-3-10-21-18-9-4-6-15(11-18)13-20-14(2)16-7-5-8-17(19)12-16/h4-9,11-12,14,20H,3,10,13H2,1-2H3/t14-/m1/s1. The minimum Gasteiger partial charge on any atom is -0.494 e. The molecule has 0 bridgehead atoms. The van der Waals surface area contributed by atoms with E-state index in [-0.39, 0.29) is 11.9 Å². The molecule has 2 aromatic carbocycles. The number of rotatable bonds is 7. The zero-order chi connectivity index (χ0) is 15.1. The van der Waals surface area contributed by atoms with Gasteiger partial charge in [0, 0.05) is 12.6 Å². The summed E-state index contributed by atoms with van der Waals surface area (Å²) in [6.45, 7) is 5.58. The van der Waals surface area contributed by atoms with E-state index >= 15 is 0 Å². The molecule has 21 heavy (non-hydrogen) atoms. The van der Waals surface area contributed by atoms with Gasteiger partial charge in [0.1, 0.15) is 11.6 Å². The molecule has 3 heteroatoms. The fraction of sp³-hybridized carbons (Fsp3) is 0.333. The van der Waals surface area contributed by atoms with Crippen LogP contribution < -0.4 is 10.1 Å². The van der Waals surface area contributed by atoms with Crippen molar-refractivity contribution < 1.29 is 9.13 Å². The van der Waals surface area contributed by atoms with Crippen LogP contribution in [0, 0.1) is 5.82 Å². The Balaban J connectivity index is 1.93. The summed E-state index contributed by atoms with van der Waals surface area (Å²) in [4.78, 5) is 0. The Morgan fingerprint density at radius 1 is 1.14 bits per heavy atom. The maximum atomic E-state index is 13.2. The molecule has 0 heterocycles. The van der Waals surface area contributed by atoms with Crippen molar-refractivity contribution in [1.82, 2.24) is 5.32 Å². The molecule has 0 aliphatic heterocycles. The van der Waals surface area contributed by atoms with Gasteiger partial charge in [-0.15, -0.1) is 0 Å². The van der Waals surface area contributed by atoms with E-state index in [0.29, 0.717) is 0 Å². The predicted molar refractivity (Wildman–Crippen MR) is 83.9 cm³/mol. The van der Waals surface area contributed by atoms with Crippen LogP contribution in [0.3, 0.4) is 0 Å². The average molecular weight is 287 g/mol. The number of hydrogen-bond donors (Lipinski definition) is 1. The maximum Gasteiger partial charge on any atom is 0.123 e. The van der Waals surface area contributed by atoms with Crippen LogP contribution in [0.15, 0.2) is 48.5 Å². The Labute approximate surface area is 126 Å². The molecular formula is C18H22FNO. The van der Waals surface area contributed by atoms with Crippen molar-refractivity contribution in [1.29, 1.82) is 0 Å². The van der Waals surface area contributed by atoms with E-state index < -0.39 is 0 Å². The SMILES string of the molecule is CCCOc1cccc(CN[C@H](C)c2cccc(F)c2)c1. The zero-order valence-electron chi connectivity index (χ0n) is 12.6. The first-order valence-corrected chi connectivity index (χ1v) is 7.39. The van der Waals surface area contributed by atoms with Crippen LogP contribution in [0.25, 0.3) is 0 Å². The van der Waals surface area contributed by atoms with E-state index in [1.807, 2.05) is 31.2 Å². The van der Waals surface area contributed by atoms with Gasteiger partial charge in [0.05, 0.1) is 6.61 Å². The van der Waals surface area contributed by atoms with Gasteiger partial charge in [-0.25, -0.2) is 4.39 Å². The normalized spacial score (nSPS) is 12.1. The molecule has 0 saturated heterocycles. The second-order valence-corrected chi connectivity index (χ2v) is 5.15. The van der Waals surface area contributed by atoms with Gasteiger partial charge < -0.3 is 10.1 Å². The fourth-order valence-corrected chi connectivity index (χ4v) is 2.13. The van der Waals surface area contributed by atoms with Crippen molar-refractivity contribution in [3.05, 3.63) is 65.5 Å². The van der Waals surface area contributed by atoms with E-state index in [2.05, 4.69) is 18.3 Å². The Hall–Kier alpha value is -1.87. The first kappa shape index (κ1) is 15.5. The van der Waals surface area contributed by atoms with E-state index in [1.165, 1.54) is 6.07 Å². The predicted octanol–water partition coefficient (Wildman–Crippen LogP) is 4.47. The molecule has 0 aliphatic carbocycles. The Bertz CT molecular complexity index is 571. The molecule has 1 atom stereocenters. The molecular weight excluding hydrogens is 265 g/mol. The smallest absolute Gasteiger partial charge is 0.123 e. The maximum absolute atomic E-state index is 13.2. The molecule has 2 rings (SSSR count). The molecule has 112 valence electrons. The summed E-state index contributed by atoms with van der Waals surface area (Å²) in [5, 5.41) is 3.40. The van der Waals surface area contributed by atoms with Crippen molar-refractivity contribution in [2.45, 2.75) is 32.9 Å². The van der Waals surface area contributed by atoms with E-state index in [9.17, 15) is 4.39 Å². The second kappa shape index (κ2) is 7.79. The molecule has 0 aromatic heterocycles. The topological polar surface area (TPSA) is 21.3 Å². The minimum absolute atomic E-state index is 0.0981. The third kappa shape index (κ3) is 4.87. The molecule has 0 saturated carbocycles. The molecule has 2 aromatic rings. The summed E-state index contributed by atoms with van der Waals surface area (Å²) in [6, 6.07) is 14.9. The summed E-state index contributed by atoms with van der Waals surface area (Å²) < 4.78 is 18.8. The summed E-state index contributed by atoms with van der Waals surface area (Å²) in [5.74, 6) is 0.700. The molecule has 0 fully saturated rings. The van der Waals surface area contributed by atoms with Crippen LogP contribution in [0.5, 0.6) is 5.75 Å². The monoisotopic (exact) mass is 287 g/mol. The minimum atomic E-state index is -0.198. The molecule has 0 unspecified atom stereocenters. The van der Waals surface area contributed by atoms with Gasteiger partial charge >= 0.3 is 0 Å². The van der Waals surface area contributed by atoms with Gasteiger partial charge in [-0.2, -0.15) is 0 Å². The van der Waals surface area contributed by atoms with Crippen molar-refractivity contribution in [3.8, 4) is 5.75 Å². The van der Waals surface area contributed by atoms with Crippen LogP contribution in [-0.4, -0.2) is 6.61 Å². The van der Waals surface area contributed by atoms with Crippen LogP contribution in [0.1, 0.15) is 37.4 Å². The first-order chi connectivity index (χ1) is 10.2. The van der Waals surface area contributed by atoms with Gasteiger partial charge in [0.15, 0.2) is 0 Å². The van der Waals surface area contributed by atoms with Crippen molar-refractivity contribution >= 4 is 0 Å². The number of hydrogen-bond acceptors (Lipinski definition) is 2. The summed E-state index contributed by atoms with van der Waals surface area (Å²) in [6.07, 6.45) is 0.999. The highest BCUT2D eigenvalue weighted by Crippen LogP contribution is 2.17. The second-order valence-electron chi connectivity index (χ2n) is 5.15. The Kier molecular flexibility index (Phi) is 5.76. The van der Waals surface area contributed by atoms with Crippen LogP contribution in [0.2, 0.25) is 0 Å². The lowest BCUT2D eigenvalue weighted by atomic mass is 10.1. The van der Waals surface area contributed by atoms with E-state index in [4.69, 9.17) is 4.74 Å². The van der Waals surface area contributed by atoms with E-state index in [0.717, 1.165) is 36.4 Å². The van der Waals surface area contributed by atoms with Gasteiger partial charge in [0.2, 0.25) is 0 Å². The van der Waals surface area contributed by atoms with Gasteiger partial charge in [-0.05, 0) is 48.7 Å². The molecule has 1 N–H and O–H groups in total. The fourth-order valence-electron chi connectivity index (χ4n) is 2.13. The van der Waals surface area contributed by atoms with Crippen LogP contribution in [-0.2, 0) is 6.54 Å². The Morgan fingerprint density at radius 3 is 2.71 bits per heavy atom. The van der Waals surface area contributed by atoms with Gasteiger partial charge in [-0.3, -0.25) is 0 Å². The average Bonchev–Trinajstić information content (AvgIpc) is 2.51. The highest BCUT2D eigenvalue weighted by Gasteiger charge is 2.06. The number of nitrogens with one attached hydrogen (secondary N) is 1. The van der Waals surface area contributed by atoms with Crippen LogP contribution in [0.4, 0.5) is 4.39 Å². The molecule has 0 amide bonds. The lowest BCUT2D eigenvalue weighted by Crippen LogP contribution is -2.18. The van der Waals surface area contributed by atoms with Crippen molar-refractivity contribution in [2.75, 3.05) is 6.61 Å². The Morgan fingerprint density at radius 2 is 1.95 bits per heavy atom. The lowest BCUT2D eigenvalue weighted by molar-refractivity contribution is 0.317. The van der Waals surface area contributed by atoms with Crippen LogP contribution >= 0.6 is 0 Å². The zero-order valence-corrected chi connectivity index (χ0v) is 12.6. The summed E-state index contributed by atoms with van der Waals surface area (Å²) >= 11 is 0. The summed E-state index contributed by atoms with van der Waals surface area (Å²) in [5.41, 5.74) is 2.11. The highest BCUT2D eigenvalue weighted by atomic mass is 19.1. The van der Waals surface area contributed by atoms with E-state index in [1.54, 1.807) is 12.1 Å².